The molecule has 0 amide bonds. The summed E-state index contributed by atoms with van der Waals surface area (Å²) in [6.45, 7) is 42.1. The number of ether oxygens (including phenoxy) is 2. The minimum atomic E-state index is 0.343. The van der Waals surface area contributed by atoms with E-state index >= 15 is 0 Å². The van der Waals surface area contributed by atoms with Crippen LogP contribution in [0.1, 0.15) is 158 Å². The molecule has 0 saturated carbocycles. The lowest BCUT2D eigenvalue weighted by molar-refractivity contribution is 0.263. The first-order chi connectivity index (χ1) is 22.8. The second-order valence-corrected chi connectivity index (χ2v) is 6.60. The van der Waals surface area contributed by atoms with Crippen molar-refractivity contribution in [2.75, 3.05) is 13.2 Å². The first kappa shape index (κ1) is 65.9. The fourth-order valence-corrected chi connectivity index (χ4v) is 1.64. The zero-order chi connectivity index (χ0) is 38.1. The number of hydrogen-bond donors (Lipinski definition) is 0. The second-order valence-electron chi connectivity index (χ2n) is 6.60. The summed E-state index contributed by atoms with van der Waals surface area (Å²) in [6, 6.07) is 33.8. The largest absolute Gasteiger partial charge is 0.491 e. The van der Waals surface area contributed by atoms with E-state index in [-0.39, 0.29) is 0 Å². The minimum Gasteiger partial charge on any atom is -0.491 e. The Morgan fingerprint density at radius 1 is 0.435 bits per heavy atom. The SMILES string of the molecule is CC.CC.CC.CC.CC.CC.CC.CC.CCC.CCCC.c1ccc(OCC2CO2)cc1.c1ccccc1.c1ccccc1. The van der Waals surface area contributed by atoms with Crippen LogP contribution in [-0.2, 0) is 4.74 Å². The Balaban J connectivity index is -0.0000000498. The second kappa shape index (κ2) is 96.8. The molecule has 2 heteroatoms. The van der Waals surface area contributed by atoms with Crippen molar-refractivity contribution in [3.63, 3.8) is 0 Å². The van der Waals surface area contributed by atoms with Crippen molar-refractivity contribution in [2.45, 2.75) is 164 Å². The van der Waals surface area contributed by atoms with E-state index in [4.69, 9.17) is 9.47 Å². The van der Waals surface area contributed by atoms with E-state index < -0.39 is 0 Å². The van der Waals surface area contributed by atoms with Crippen LogP contribution in [0.15, 0.2) is 103 Å². The summed E-state index contributed by atoms with van der Waals surface area (Å²) < 4.78 is 10.4. The molecule has 0 N–H and O–H groups in total. The van der Waals surface area contributed by atoms with Gasteiger partial charge in [0.2, 0.25) is 0 Å². The zero-order valence-electron chi connectivity index (χ0n) is 35.2. The van der Waals surface area contributed by atoms with Gasteiger partial charge in [-0.25, -0.2) is 0 Å². The quantitative estimate of drug-likeness (QED) is 0.263. The average Bonchev–Trinajstić information content (AvgIpc) is 4.05. The van der Waals surface area contributed by atoms with E-state index in [2.05, 4.69) is 27.7 Å². The monoisotopic (exact) mass is 649 g/mol. The van der Waals surface area contributed by atoms with Gasteiger partial charge in [-0.05, 0) is 12.1 Å². The Hall–Kier alpha value is -2.58. The van der Waals surface area contributed by atoms with Gasteiger partial charge in [0.25, 0.3) is 0 Å². The van der Waals surface area contributed by atoms with Crippen molar-refractivity contribution in [3.05, 3.63) is 103 Å². The van der Waals surface area contributed by atoms with E-state index in [1.54, 1.807) is 0 Å². The predicted octanol–water partition coefficient (Wildman–Crippen LogP) is 16.3. The van der Waals surface area contributed by atoms with Crippen molar-refractivity contribution in [1.29, 1.82) is 0 Å². The van der Waals surface area contributed by atoms with Crippen molar-refractivity contribution in [3.8, 4) is 5.75 Å². The topological polar surface area (TPSA) is 21.8 Å². The van der Waals surface area contributed by atoms with E-state index in [0.717, 1.165) is 12.4 Å². The maximum absolute atomic E-state index is 5.40. The summed E-state index contributed by atoms with van der Waals surface area (Å²) in [5.41, 5.74) is 0. The van der Waals surface area contributed by atoms with Gasteiger partial charge in [-0.3, -0.25) is 0 Å². The van der Waals surface area contributed by atoms with Gasteiger partial charge in [0, 0.05) is 0 Å². The molecule has 46 heavy (non-hydrogen) atoms. The first-order valence-corrected chi connectivity index (χ1v) is 19.1. The van der Waals surface area contributed by atoms with Crippen molar-refractivity contribution >= 4 is 0 Å². The lowest BCUT2D eigenvalue weighted by atomic mass is 10.3. The highest BCUT2D eigenvalue weighted by molar-refractivity contribution is 5.20. The molecule has 1 heterocycles. The van der Waals surface area contributed by atoms with Crippen LogP contribution in [0.3, 0.4) is 0 Å². The number of benzene rings is 3. The van der Waals surface area contributed by atoms with Gasteiger partial charge in [-0.2, -0.15) is 0 Å². The number of hydrogen-bond acceptors (Lipinski definition) is 2. The molecule has 3 aromatic carbocycles. The molecule has 1 aliphatic heterocycles. The van der Waals surface area contributed by atoms with Crippen LogP contribution in [0.5, 0.6) is 5.75 Å². The summed E-state index contributed by atoms with van der Waals surface area (Å²) in [6.07, 6.45) is 4.23. The van der Waals surface area contributed by atoms with Crippen LogP contribution in [0.25, 0.3) is 0 Å². The van der Waals surface area contributed by atoms with Gasteiger partial charge >= 0.3 is 0 Å². The lowest BCUT2D eigenvalue weighted by Crippen LogP contribution is -2.03. The van der Waals surface area contributed by atoms with Crippen LogP contribution in [0.4, 0.5) is 0 Å². The molecule has 276 valence electrons. The van der Waals surface area contributed by atoms with Crippen molar-refractivity contribution in [2.24, 2.45) is 0 Å². The summed E-state index contributed by atoms with van der Waals surface area (Å²) >= 11 is 0. The molecule has 1 fully saturated rings. The highest BCUT2D eigenvalue weighted by Gasteiger charge is 2.22. The lowest BCUT2D eigenvalue weighted by Gasteiger charge is -2.01. The molecule has 0 spiro atoms. The predicted molar refractivity (Wildman–Crippen MR) is 222 cm³/mol. The molecule has 1 aliphatic rings. The van der Waals surface area contributed by atoms with Gasteiger partial charge in [0.15, 0.2) is 0 Å². The fraction of sp³-hybridized carbons (Fsp3) is 0.591. The first-order valence-electron chi connectivity index (χ1n) is 19.1. The van der Waals surface area contributed by atoms with E-state index in [1.807, 2.05) is 214 Å². The molecule has 1 atom stereocenters. The van der Waals surface area contributed by atoms with E-state index in [9.17, 15) is 0 Å². The summed E-state index contributed by atoms with van der Waals surface area (Å²) in [5.74, 6) is 0.919. The smallest absolute Gasteiger partial charge is 0.119 e. The van der Waals surface area contributed by atoms with E-state index in [0.29, 0.717) is 12.7 Å². The van der Waals surface area contributed by atoms with Gasteiger partial charge < -0.3 is 9.47 Å². The molecule has 2 nitrogen and oxygen atoms in total. The number of rotatable bonds is 4. The maximum atomic E-state index is 5.40. The Bertz CT molecular complexity index is 552. The third-order valence-corrected chi connectivity index (χ3v) is 3.41. The molecule has 0 aromatic heterocycles. The molecule has 4 rings (SSSR count). The highest BCUT2D eigenvalue weighted by atomic mass is 16.6. The van der Waals surface area contributed by atoms with Gasteiger partial charge in [0.05, 0.1) is 6.61 Å². The Labute approximate surface area is 294 Å². The Kier molecular flexibility index (Phi) is 139. The minimum absolute atomic E-state index is 0.343. The van der Waals surface area contributed by atoms with Crippen LogP contribution in [0, 0.1) is 0 Å². The molecule has 0 aliphatic carbocycles. The van der Waals surface area contributed by atoms with Crippen LogP contribution >= 0.6 is 0 Å². The van der Waals surface area contributed by atoms with Crippen molar-refractivity contribution < 1.29 is 9.47 Å². The molecular weight excluding hydrogens is 560 g/mol. The van der Waals surface area contributed by atoms with Crippen LogP contribution in [-0.4, -0.2) is 19.3 Å². The third-order valence-electron chi connectivity index (χ3n) is 3.41. The third kappa shape index (κ3) is 96.9. The summed E-state index contributed by atoms with van der Waals surface area (Å²) in [4.78, 5) is 0. The van der Waals surface area contributed by atoms with E-state index in [1.165, 1.54) is 19.3 Å². The van der Waals surface area contributed by atoms with Gasteiger partial charge in [-0.15, -0.1) is 0 Å². The molecule has 3 aromatic rings. The Morgan fingerprint density at radius 3 is 0.804 bits per heavy atom. The van der Waals surface area contributed by atoms with Crippen molar-refractivity contribution in [1.82, 2.24) is 0 Å². The fourth-order valence-electron chi connectivity index (χ4n) is 1.64. The number of unbranched alkanes of at least 4 members (excludes halogenated alkanes) is 1. The molecule has 1 saturated heterocycles. The Morgan fingerprint density at radius 2 is 0.630 bits per heavy atom. The van der Waals surface area contributed by atoms with Crippen LogP contribution < -0.4 is 4.74 Å². The highest BCUT2D eigenvalue weighted by Crippen LogP contribution is 2.13. The van der Waals surface area contributed by atoms with Gasteiger partial charge in [0.1, 0.15) is 18.5 Å². The molecule has 0 bridgehead atoms. The van der Waals surface area contributed by atoms with Crippen LogP contribution in [0.2, 0.25) is 0 Å². The summed E-state index contributed by atoms with van der Waals surface area (Å²) in [7, 11) is 0. The number of para-hydroxylation sites is 1. The normalized spacial score (nSPS) is 9.26. The summed E-state index contributed by atoms with van der Waals surface area (Å²) in [5, 5.41) is 0. The standard InChI is InChI=1S/C9H10O2.2C6H6.C4H10.C3H8.8C2H6/c1-2-4-8(5-3-1)10-6-9-7-11-9;2*1-2-4-6-5-3-1;1-3-4-2;1-3-2;8*1-2/h1-5,9H,6-7H2;2*1-6H;3-4H2,1-2H3;3H2,1-2H3;8*1-2H3. The maximum Gasteiger partial charge on any atom is 0.119 e. The van der Waals surface area contributed by atoms with Gasteiger partial charge in [-0.1, -0.05) is 249 Å². The zero-order valence-corrected chi connectivity index (χ0v) is 35.2. The molecular formula is C44H88O2. The average molecular weight is 649 g/mol. The molecule has 0 radical (unpaired) electrons. The number of epoxide rings is 1. The molecule has 1 unspecified atom stereocenters.